The molecule has 0 atom stereocenters. The maximum Gasteiger partial charge on any atom is 0.341 e. The van der Waals surface area contributed by atoms with E-state index < -0.39 is 0 Å². The fourth-order valence-electron chi connectivity index (χ4n) is 0.524. The minimum atomic E-state index is 0.0104. The fourth-order valence-corrected chi connectivity index (χ4v) is 0.524. The van der Waals surface area contributed by atoms with Crippen molar-refractivity contribution in [2.24, 2.45) is 0 Å². The molecule has 1 aromatic heterocycles. The van der Waals surface area contributed by atoms with Crippen molar-refractivity contribution in [2.45, 2.75) is 26.3 Å². The van der Waals surface area contributed by atoms with Crippen LogP contribution in [0.4, 0.5) is 0 Å². The van der Waals surface area contributed by atoms with Gasteiger partial charge in [0.05, 0.1) is 0 Å². The molecular formula is C6H11N2O+. The molecule has 1 rings (SSSR count). The van der Waals surface area contributed by atoms with E-state index >= 15 is 0 Å². The molecule has 0 aliphatic carbocycles. The largest absolute Gasteiger partial charge is 0.341 e. The van der Waals surface area contributed by atoms with E-state index in [1.165, 1.54) is 6.39 Å². The van der Waals surface area contributed by atoms with Gasteiger partial charge in [-0.25, -0.2) is 0 Å². The highest BCUT2D eigenvalue weighted by Crippen LogP contribution is 2.00. The SMILES string of the molecule is CC(C)(C)[n+]1cnco1. The predicted molar refractivity (Wildman–Crippen MR) is 31.7 cm³/mol. The van der Waals surface area contributed by atoms with Crippen LogP contribution < -0.4 is 4.74 Å². The lowest BCUT2D eigenvalue weighted by Crippen LogP contribution is -2.48. The third kappa shape index (κ3) is 1.28. The Labute approximate surface area is 54.3 Å². The van der Waals surface area contributed by atoms with Gasteiger partial charge in [0, 0.05) is 0 Å². The molecule has 1 aromatic rings. The highest BCUT2D eigenvalue weighted by atomic mass is 16.5. The van der Waals surface area contributed by atoms with Crippen LogP contribution in [-0.4, -0.2) is 4.98 Å². The van der Waals surface area contributed by atoms with E-state index in [4.69, 9.17) is 4.52 Å². The predicted octanol–water partition coefficient (Wildman–Crippen LogP) is 0.717. The molecule has 0 radical (unpaired) electrons. The summed E-state index contributed by atoms with van der Waals surface area (Å²) in [4.78, 5) is 3.78. The lowest BCUT2D eigenvalue weighted by atomic mass is 10.1. The zero-order valence-electron chi connectivity index (χ0n) is 5.96. The van der Waals surface area contributed by atoms with Gasteiger partial charge in [0.25, 0.3) is 0 Å². The second-order valence-corrected chi connectivity index (χ2v) is 2.97. The molecular weight excluding hydrogens is 116 g/mol. The summed E-state index contributed by atoms with van der Waals surface area (Å²) in [5.41, 5.74) is 0.0104. The van der Waals surface area contributed by atoms with Gasteiger partial charge in [-0.3, -0.25) is 4.52 Å². The molecule has 3 nitrogen and oxygen atoms in total. The maximum absolute atomic E-state index is 5.00. The summed E-state index contributed by atoms with van der Waals surface area (Å²) in [6.07, 6.45) is 3.09. The maximum atomic E-state index is 5.00. The molecule has 0 amide bonds. The number of hydrogen-bond acceptors (Lipinski definition) is 2. The van der Waals surface area contributed by atoms with Gasteiger partial charge in [0.2, 0.25) is 0 Å². The topological polar surface area (TPSA) is 29.9 Å². The molecule has 0 bridgehead atoms. The Morgan fingerprint density at radius 3 is 2.33 bits per heavy atom. The highest BCUT2D eigenvalue weighted by molar-refractivity contribution is 4.46. The molecule has 0 N–H and O–H groups in total. The zero-order valence-corrected chi connectivity index (χ0v) is 5.96. The van der Waals surface area contributed by atoms with Crippen LogP contribution >= 0.6 is 0 Å². The number of aromatic nitrogens is 2. The second kappa shape index (κ2) is 1.83. The van der Waals surface area contributed by atoms with E-state index in [1.807, 2.05) is 0 Å². The summed E-state index contributed by atoms with van der Waals surface area (Å²) >= 11 is 0. The van der Waals surface area contributed by atoms with E-state index in [1.54, 1.807) is 11.1 Å². The third-order valence-corrected chi connectivity index (χ3v) is 1.05. The average molecular weight is 127 g/mol. The minimum Gasteiger partial charge on any atom is -0.262 e. The smallest absolute Gasteiger partial charge is 0.262 e. The van der Waals surface area contributed by atoms with Crippen molar-refractivity contribution in [3.63, 3.8) is 0 Å². The standard InChI is InChI=1S/C6H11N2O/c1-6(2,3)8-4-7-5-9-8/h4-5H,1-3H3/q+1. The van der Waals surface area contributed by atoms with Crippen molar-refractivity contribution in [2.75, 3.05) is 0 Å². The second-order valence-electron chi connectivity index (χ2n) is 2.97. The number of hydrogen-bond donors (Lipinski definition) is 0. The van der Waals surface area contributed by atoms with Gasteiger partial charge < -0.3 is 0 Å². The molecule has 0 unspecified atom stereocenters. The van der Waals surface area contributed by atoms with Crippen molar-refractivity contribution < 1.29 is 9.26 Å². The van der Waals surface area contributed by atoms with Gasteiger partial charge in [-0.1, -0.05) is 4.74 Å². The van der Waals surface area contributed by atoms with Gasteiger partial charge in [-0.15, -0.1) is 0 Å². The molecule has 0 aliphatic rings. The summed E-state index contributed by atoms with van der Waals surface area (Å²) in [5, 5.41) is 0. The van der Waals surface area contributed by atoms with Crippen LogP contribution in [0.1, 0.15) is 20.8 Å². The Balaban J connectivity index is 2.90. The lowest BCUT2D eigenvalue weighted by Gasteiger charge is -2.08. The molecule has 0 saturated heterocycles. The van der Waals surface area contributed by atoms with Crippen molar-refractivity contribution in [3.05, 3.63) is 12.7 Å². The van der Waals surface area contributed by atoms with Gasteiger partial charge in [-0.2, -0.15) is 0 Å². The van der Waals surface area contributed by atoms with Gasteiger partial charge in [0.1, 0.15) is 5.54 Å². The first-order valence-electron chi connectivity index (χ1n) is 2.92. The molecule has 0 spiro atoms. The summed E-state index contributed by atoms with van der Waals surface area (Å²) in [7, 11) is 0. The van der Waals surface area contributed by atoms with E-state index in [0.29, 0.717) is 0 Å². The Hall–Kier alpha value is -0.860. The van der Waals surface area contributed by atoms with Crippen LogP contribution in [0.3, 0.4) is 0 Å². The minimum absolute atomic E-state index is 0.0104. The van der Waals surface area contributed by atoms with E-state index in [0.717, 1.165) is 0 Å². The van der Waals surface area contributed by atoms with Crippen molar-refractivity contribution in [1.29, 1.82) is 0 Å². The van der Waals surface area contributed by atoms with Crippen molar-refractivity contribution in [1.82, 2.24) is 4.98 Å². The summed E-state index contributed by atoms with van der Waals surface area (Å²) in [6, 6.07) is 0. The fraction of sp³-hybridized carbons (Fsp3) is 0.667. The Bertz CT molecular complexity index is 173. The average Bonchev–Trinajstić information content (AvgIpc) is 2.08. The molecule has 0 saturated carbocycles. The number of rotatable bonds is 0. The Morgan fingerprint density at radius 2 is 2.11 bits per heavy atom. The summed E-state index contributed by atoms with van der Waals surface area (Å²) < 4.78 is 6.70. The van der Waals surface area contributed by atoms with Crippen molar-refractivity contribution in [3.8, 4) is 0 Å². The van der Waals surface area contributed by atoms with Crippen LogP contribution in [0.2, 0.25) is 0 Å². The first-order chi connectivity index (χ1) is 4.11. The van der Waals surface area contributed by atoms with Crippen LogP contribution in [0.5, 0.6) is 0 Å². The molecule has 1 heterocycles. The third-order valence-electron chi connectivity index (χ3n) is 1.05. The molecule has 0 aromatic carbocycles. The van der Waals surface area contributed by atoms with E-state index in [-0.39, 0.29) is 5.54 Å². The van der Waals surface area contributed by atoms with Crippen LogP contribution in [0.25, 0.3) is 0 Å². The normalized spacial score (nSPS) is 11.9. The highest BCUT2D eigenvalue weighted by Gasteiger charge is 2.20. The summed E-state index contributed by atoms with van der Waals surface area (Å²) in [6.45, 7) is 6.16. The Kier molecular flexibility index (Phi) is 1.27. The molecule has 9 heavy (non-hydrogen) atoms. The Morgan fingerprint density at radius 1 is 1.44 bits per heavy atom. The van der Waals surface area contributed by atoms with E-state index in [9.17, 15) is 0 Å². The van der Waals surface area contributed by atoms with E-state index in [2.05, 4.69) is 25.8 Å². The molecule has 0 aliphatic heterocycles. The summed E-state index contributed by atoms with van der Waals surface area (Å²) in [5.74, 6) is 0. The number of nitrogens with zero attached hydrogens (tertiary/aromatic N) is 2. The van der Waals surface area contributed by atoms with Crippen molar-refractivity contribution >= 4 is 0 Å². The van der Waals surface area contributed by atoms with Gasteiger partial charge >= 0.3 is 12.7 Å². The molecule has 3 heteroatoms. The molecule has 0 fully saturated rings. The van der Waals surface area contributed by atoms with Gasteiger partial charge in [-0.05, 0) is 25.8 Å². The van der Waals surface area contributed by atoms with Gasteiger partial charge in [0.15, 0.2) is 0 Å². The first-order valence-corrected chi connectivity index (χ1v) is 2.92. The van der Waals surface area contributed by atoms with Crippen LogP contribution in [-0.2, 0) is 5.54 Å². The molecule has 50 valence electrons. The monoisotopic (exact) mass is 127 g/mol. The quantitative estimate of drug-likeness (QED) is 0.480. The zero-order chi connectivity index (χ0) is 6.91. The van der Waals surface area contributed by atoms with Crippen LogP contribution in [0, 0.1) is 0 Å². The lowest BCUT2D eigenvalue weighted by molar-refractivity contribution is -0.907. The first kappa shape index (κ1) is 6.26. The van der Waals surface area contributed by atoms with Crippen LogP contribution in [0.15, 0.2) is 17.2 Å².